The molecule has 0 bridgehead atoms. The first kappa shape index (κ1) is 24.2. The predicted octanol–water partition coefficient (Wildman–Crippen LogP) is 6.19. The third kappa shape index (κ3) is 5.32. The summed E-state index contributed by atoms with van der Waals surface area (Å²) in [6.07, 6.45) is 3.56. The smallest absolute Gasteiger partial charge is 0.339 e. The number of para-hydroxylation sites is 1. The Morgan fingerprint density at radius 2 is 1.67 bits per heavy atom. The van der Waals surface area contributed by atoms with E-state index >= 15 is 0 Å². The van der Waals surface area contributed by atoms with Gasteiger partial charge < -0.3 is 13.9 Å². The van der Waals surface area contributed by atoms with Crippen LogP contribution in [0.15, 0.2) is 95.9 Å². The number of nitrogens with zero attached hydrogens (tertiary/aromatic N) is 1. The lowest BCUT2D eigenvalue weighted by atomic mass is 9.95. The summed E-state index contributed by atoms with van der Waals surface area (Å²) in [7, 11) is -2.42. The van der Waals surface area contributed by atoms with Crippen LogP contribution in [0.5, 0.6) is 11.5 Å². The second-order valence-corrected chi connectivity index (χ2v) is 10.5. The highest BCUT2D eigenvalue weighted by Gasteiger charge is 2.25. The molecule has 186 valence electrons. The van der Waals surface area contributed by atoms with E-state index in [1.54, 1.807) is 49.6 Å². The minimum atomic E-state index is -4.00. The molecule has 4 aromatic rings. The van der Waals surface area contributed by atoms with Crippen LogP contribution >= 0.6 is 0 Å². The van der Waals surface area contributed by atoms with Crippen LogP contribution in [-0.2, 0) is 16.7 Å². The fourth-order valence-corrected chi connectivity index (χ4v) is 5.80. The summed E-state index contributed by atoms with van der Waals surface area (Å²) >= 11 is 0. The van der Waals surface area contributed by atoms with E-state index in [-0.39, 0.29) is 10.6 Å². The van der Waals surface area contributed by atoms with Gasteiger partial charge in [0.1, 0.15) is 16.4 Å². The number of H-pyrrole nitrogens is 1. The maximum atomic E-state index is 12.9. The Balaban J connectivity index is 1.40. The van der Waals surface area contributed by atoms with Crippen molar-refractivity contribution in [1.29, 1.82) is 0 Å². The van der Waals surface area contributed by atoms with Crippen LogP contribution in [-0.4, -0.2) is 32.0 Å². The van der Waals surface area contributed by atoms with E-state index in [9.17, 15) is 8.42 Å². The van der Waals surface area contributed by atoms with Crippen LogP contribution in [0, 0.1) is 0 Å². The Morgan fingerprint density at radius 3 is 2.42 bits per heavy atom. The molecule has 7 heteroatoms. The number of likely N-dealkylation sites (tertiary alicyclic amines) is 1. The average molecular weight is 503 g/mol. The lowest BCUT2D eigenvalue weighted by molar-refractivity contribution is 0.139. The van der Waals surface area contributed by atoms with E-state index < -0.39 is 10.1 Å². The summed E-state index contributed by atoms with van der Waals surface area (Å²) in [4.78, 5) is 6.08. The van der Waals surface area contributed by atoms with Gasteiger partial charge in [0.05, 0.1) is 7.11 Å². The van der Waals surface area contributed by atoms with Crippen molar-refractivity contribution in [3.05, 3.63) is 102 Å². The molecule has 1 saturated heterocycles. The molecule has 1 fully saturated rings. The maximum absolute atomic E-state index is 12.9. The molecule has 2 heterocycles. The highest BCUT2D eigenvalue weighted by atomic mass is 32.2. The molecule has 3 aromatic carbocycles. The number of methoxy groups -OCH3 is 1. The lowest BCUT2D eigenvalue weighted by Gasteiger charge is -2.35. The molecule has 6 nitrogen and oxygen atoms in total. The lowest BCUT2D eigenvalue weighted by Crippen LogP contribution is -2.33. The van der Waals surface area contributed by atoms with Gasteiger partial charge in [-0.15, -0.1) is 0 Å². The Hall–Kier alpha value is -3.55. The first-order valence-corrected chi connectivity index (χ1v) is 13.6. The number of rotatable bonds is 8. The van der Waals surface area contributed by atoms with Crippen molar-refractivity contribution in [3.63, 3.8) is 0 Å². The van der Waals surface area contributed by atoms with Crippen molar-refractivity contribution in [2.75, 3.05) is 13.7 Å². The summed E-state index contributed by atoms with van der Waals surface area (Å²) in [6.45, 7) is 1.83. The summed E-state index contributed by atoms with van der Waals surface area (Å²) < 4.78 is 36.8. The molecular weight excluding hydrogens is 472 g/mol. The summed E-state index contributed by atoms with van der Waals surface area (Å²) in [5, 5.41) is 0. The zero-order chi connectivity index (χ0) is 25.0. The van der Waals surface area contributed by atoms with Crippen LogP contribution in [0.1, 0.15) is 36.6 Å². The molecule has 0 amide bonds. The number of benzene rings is 3. The minimum Gasteiger partial charge on any atom is -0.496 e. The molecule has 1 atom stereocenters. The van der Waals surface area contributed by atoms with Crippen LogP contribution in [0.25, 0.3) is 11.3 Å². The van der Waals surface area contributed by atoms with Gasteiger partial charge in [0, 0.05) is 29.5 Å². The fourth-order valence-electron chi connectivity index (χ4n) is 4.85. The Kier molecular flexibility index (Phi) is 7.11. The Labute approximate surface area is 212 Å². The van der Waals surface area contributed by atoms with Crippen LogP contribution in [0.4, 0.5) is 0 Å². The van der Waals surface area contributed by atoms with Crippen molar-refractivity contribution in [3.8, 4) is 22.8 Å². The largest absolute Gasteiger partial charge is 0.496 e. The molecule has 5 rings (SSSR count). The van der Waals surface area contributed by atoms with Gasteiger partial charge in [0.2, 0.25) is 0 Å². The summed E-state index contributed by atoms with van der Waals surface area (Å²) in [5.41, 5.74) is 3.89. The third-order valence-electron chi connectivity index (χ3n) is 6.62. The molecule has 1 N–H and O–H groups in total. The molecular formula is C29H30N2O4S. The van der Waals surface area contributed by atoms with Crippen molar-refractivity contribution in [2.24, 2.45) is 0 Å². The molecule has 0 aliphatic carbocycles. The zero-order valence-corrected chi connectivity index (χ0v) is 21.1. The van der Waals surface area contributed by atoms with Gasteiger partial charge in [-0.1, -0.05) is 55.0 Å². The van der Waals surface area contributed by atoms with Gasteiger partial charge in [-0.2, -0.15) is 8.42 Å². The molecule has 1 aliphatic rings. The minimum absolute atomic E-state index is 0.0680. The number of nitrogens with one attached hydrogen (secondary N) is 1. The standard InChI is InChI=1S/C29H30N2O4S/c1-34-29-18-16-25(36(32,33)35-24-12-6-3-7-13-24)20-26(29)27-17-15-23(30-27)21-31-19-9-8-14-28(31)22-10-4-2-5-11-22/h2-7,10-13,15-18,20,28,30H,8-9,14,19,21H2,1H3/t28-/m1/s1. The van der Waals surface area contributed by atoms with Crippen LogP contribution in [0.3, 0.4) is 0 Å². The molecule has 0 unspecified atom stereocenters. The fraction of sp³-hybridized carbons (Fsp3) is 0.241. The third-order valence-corrected chi connectivity index (χ3v) is 7.86. The highest BCUT2D eigenvalue weighted by Crippen LogP contribution is 2.35. The van der Waals surface area contributed by atoms with Gasteiger partial charge in [-0.25, -0.2) is 0 Å². The molecule has 36 heavy (non-hydrogen) atoms. The number of aromatic amines is 1. The summed E-state index contributed by atoms with van der Waals surface area (Å²) in [6, 6.07) is 28.4. The molecule has 0 saturated carbocycles. The first-order chi connectivity index (χ1) is 17.5. The van der Waals surface area contributed by atoms with Crippen molar-refractivity contribution in [1.82, 2.24) is 9.88 Å². The maximum Gasteiger partial charge on any atom is 0.339 e. The average Bonchev–Trinajstić information content (AvgIpc) is 3.38. The number of hydrogen-bond acceptors (Lipinski definition) is 5. The summed E-state index contributed by atoms with van der Waals surface area (Å²) in [5.74, 6) is 0.855. The van der Waals surface area contributed by atoms with Crippen LogP contribution in [0.2, 0.25) is 0 Å². The van der Waals surface area contributed by atoms with E-state index in [1.165, 1.54) is 24.5 Å². The number of ether oxygens (including phenoxy) is 1. The van der Waals surface area contributed by atoms with E-state index in [1.807, 2.05) is 6.07 Å². The highest BCUT2D eigenvalue weighted by molar-refractivity contribution is 7.87. The number of hydrogen-bond donors (Lipinski definition) is 1. The van der Waals surface area contributed by atoms with E-state index in [0.717, 1.165) is 30.9 Å². The van der Waals surface area contributed by atoms with Gasteiger partial charge in [0.15, 0.2) is 0 Å². The second-order valence-electron chi connectivity index (χ2n) is 9.00. The monoisotopic (exact) mass is 502 g/mol. The Morgan fingerprint density at radius 1 is 0.917 bits per heavy atom. The zero-order valence-electron chi connectivity index (χ0n) is 20.3. The van der Waals surface area contributed by atoms with E-state index in [0.29, 0.717) is 17.4 Å². The van der Waals surface area contributed by atoms with Crippen LogP contribution < -0.4 is 8.92 Å². The SMILES string of the molecule is COc1ccc(S(=O)(=O)Oc2ccccc2)cc1-c1ccc(CN2CCCC[C@@H]2c2ccccc2)[nH]1. The topological polar surface area (TPSA) is 71.6 Å². The quantitative estimate of drug-likeness (QED) is 0.291. The van der Waals surface area contributed by atoms with Gasteiger partial charge in [0.25, 0.3) is 0 Å². The van der Waals surface area contributed by atoms with E-state index in [2.05, 4.69) is 46.3 Å². The van der Waals surface area contributed by atoms with Crippen molar-refractivity contribution < 1.29 is 17.3 Å². The number of piperidine rings is 1. The Bertz CT molecular complexity index is 1400. The molecule has 1 aliphatic heterocycles. The van der Waals surface area contributed by atoms with Crippen molar-refractivity contribution in [2.45, 2.75) is 36.7 Å². The van der Waals surface area contributed by atoms with Gasteiger partial charge >= 0.3 is 10.1 Å². The van der Waals surface area contributed by atoms with Crippen molar-refractivity contribution >= 4 is 10.1 Å². The molecule has 0 radical (unpaired) electrons. The predicted molar refractivity (Wildman–Crippen MR) is 140 cm³/mol. The molecule has 1 aromatic heterocycles. The second kappa shape index (κ2) is 10.6. The normalized spacial score (nSPS) is 16.5. The van der Waals surface area contributed by atoms with E-state index in [4.69, 9.17) is 8.92 Å². The first-order valence-electron chi connectivity index (χ1n) is 12.2. The molecule has 0 spiro atoms. The van der Waals surface area contributed by atoms with Gasteiger partial charge in [-0.3, -0.25) is 4.90 Å². The number of aromatic nitrogens is 1. The van der Waals surface area contributed by atoms with Gasteiger partial charge in [-0.05, 0) is 67.4 Å².